The summed E-state index contributed by atoms with van der Waals surface area (Å²) in [5.41, 5.74) is 3.82. The van der Waals surface area contributed by atoms with Gasteiger partial charge in [-0.2, -0.15) is 0 Å². The van der Waals surface area contributed by atoms with E-state index in [1.165, 1.54) is 23.1 Å². The summed E-state index contributed by atoms with van der Waals surface area (Å²) in [7, 11) is 0. The van der Waals surface area contributed by atoms with E-state index in [-0.39, 0.29) is 0 Å². The van der Waals surface area contributed by atoms with E-state index < -0.39 is 0 Å². The number of allylic oxidation sites excluding steroid dienone is 6. The van der Waals surface area contributed by atoms with Gasteiger partial charge in [-0.1, -0.05) is 42.5 Å². The Labute approximate surface area is 81.4 Å². The Kier molecular flexibility index (Phi) is 3.30. The van der Waals surface area contributed by atoms with Gasteiger partial charge < -0.3 is 0 Å². The zero-order valence-corrected chi connectivity index (χ0v) is 8.64. The highest BCUT2D eigenvalue weighted by atomic mass is 14.1. The van der Waals surface area contributed by atoms with Gasteiger partial charge in [0.15, 0.2) is 0 Å². The van der Waals surface area contributed by atoms with Crippen molar-refractivity contribution < 1.29 is 0 Å². The molecule has 0 radical (unpaired) electrons. The second-order valence-electron chi connectivity index (χ2n) is 3.85. The molecule has 0 heterocycles. The maximum Gasteiger partial charge on any atom is -0.00225 e. The Morgan fingerprint density at radius 2 is 2.08 bits per heavy atom. The van der Waals surface area contributed by atoms with E-state index in [9.17, 15) is 0 Å². The van der Waals surface area contributed by atoms with E-state index >= 15 is 0 Å². The standard InChI is InChI=1S/C13H18/c1-10(2)12-6-5-7-13(9-8-12)11(3)4/h5-7,12H,1,3,8-9H2,2,4H3. The molecule has 0 N–H and O–H groups in total. The average Bonchev–Trinajstić information content (AvgIpc) is 2.27. The van der Waals surface area contributed by atoms with Gasteiger partial charge in [-0.3, -0.25) is 0 Å². The van der Waals surface area contributed by atoms with Gasteiger partial charge >= 0.3 is 0 Å². The van der Waals surface area contributed by atoms with Crippen LogP contribution in [0.15, 0.2) is 48.1 Å². The zero-order valence-electron chi connectivity index (χ0n) is 8.64. The molecule has 0 fully saturated rings. The van der Waals surface area contributed by atoms with Crippen LogP contribution in [0.4, 0.5) is 0 Å². The molecule has 13 heavy (non-hydrogen) atoms. The van der Waals surface area contributed by atoms with Crippen LogP contribution in [-0.2, 0) is 0 Å². The van der Waals surface area contributed by atoms with E-state index in [1.807, 2.05) is 0 Å². The molecular formula is C13H18. The van der Waals surface area contributed by atoms with Crippen LogP contribution in [0.5, 0.6) is 0 Å². The molecule has 1 rings (SSSR count). The van der Waals surface area contributed by atoms with Crippen molar-refractivity contribution in [2.45, 2.75) is 26.7 Å². The highest BCUT2D eigenvalue weighted by Gasteiger charge is 2.09. The lowest BCUT2D eigenvalue weighted by molar-refractivity contribution is 0.679. The molecular weight excluding hydrogens is 156 g/mol. The summed E-state index contributed by atoms with van der Waals surface area (Å²) in [4.78, 5) is 0. The smallest absolute Gasteiger partial charge is 0.00225 e. The maximum absolute atomic E-state index is 3.99. The second kappa shape index (κ2) is 4.27. The van der Waals surface area contributed by atoms with Crippen molar-refractivity contribution >= 4 is 0 Å². The van der Waals surface area contributed by atoms with Gasteiger partial charge in [0.1, 0.15) is 0 Å². The molecule has 70 valence electrons. The van der Waals surface area contributed by atoms with Crippen molar-refractivity contribution in [1.29, 1.82) is 0 Å². The van der Waals surface area contributed by atoms with Gasteiger partial charge in [0.25, 0.3) is 0 Å². The lowest BCUT2D eigenvalue weighted by Crippen LogP contribution is -1.96. The quantitative estimate of drug-likeness (QED) is 0.554. The molecule has 0 aromatic carbocycles. The molecule has 0 aromatic heterocycles. The summed E-state index contributed by atoms with van der Waals surface area (Å²) in [6.07, 6.45) is 8.84. The Hall–Kier alpha value is -1.04. The molecule has 1 aliphatic carbocycles. The molecule has 0 aliphatic heterocycles. The van der Waals surface area contributed by atoms with Gasteiger partial charge in [0.05, 0.1) is 0 Å². The minimum absolute atomic E-state index is 0.549. The molecule has 0 aromatic rings. The van der Waals surface area contributed by atoms with E-state index in [0.29, 0.717) is 5.92 Å². The predicted molar refractivity (Wildman–Crippen MR) is 59.6 cm³/mol. The minimum Gasteiger partial charge on any atom is -0.0995 e. The lowest BCUT2D eigenvalue weighted by Gasteiger charge is -2.11. The number of rotatable bonds is 2. The van der Waals surface area contributed by atoms with E-state index in [2.05, 4.69) is 45.2 Å². The van der Waals surface area contributed by atoms with Gasteiger partial charge in [-0.25, -0.2) is 0 Å². The van der Waals surface area contributed by atoms with E-state index in [1.54, 1.807) is 0 Å². The molecule has 0 saturated carbocycles. The molecule has 1 aliphatic rings. The first-order valence-electron chi connectivity index (χ1n) is 4.80. The van der Waals surface area contributed by atoms with Crippen molar-refractivity contribution in [3.63, 3.8) is 0 Å². The Morgan fingerprint density at radius 1 is 1.38 bits per heavy atom. The van der Waals surface area contributed by atoms with E-state index in [0.717, 1.165) is 6.42 Å². The molecule has 0 amide bonds. The fourth-order valence-corrected chi connectivity index (χ4v) is 1.56. The van der Waals surface area contributed by atoms with Crippen molar-refractivity contribution in [2.75, 3.05) is 0 Å². The topological polar surface area (TPSA) is 0 Å². The molecule has 0 heteroatoms. The van der Waals surface area contributed by atoms with Gasteiger partial charge in [-0.05, 0) is 38.2 Å². The van der Waals surface area contributed by atoms with Gasteiger partial charge in [0, 0.05) is 0 Å². The molecule has 0 nitrogen and oxygen atoms in total. The summed E-state index contributed by atoms with van der Waals surface area (Å²) >= 11 is 0. The summed E-state index contributed by atoms with van der Waals surface area (Å²) in [5.74, 6) is 0.549. The molecule has 1 unspecified atom stereocenters. The van der Waals surface area contributed by atoms with Crippen LogP contribution >= 0.6 is 0 Å². The molecule has 0 saturated heterocycles. The highest BCUT2D eigenvalue weighted by molar-refractivity contribution is 5.32. The van der Waals surface area contributed by atoms with Crippen LogP contribution in [0.1, 0.15) is 26.7 Å². The van der Waals surface area contributed by atoms with Crippen LogP contribution in [-0.4, -0.2) is 0 Å². The lowest BCUT2D eigenvalue weighted by atomic mass is 9.94. The summed E-state index contributed by atoms with van der Waals surface area (Å²) in [6, 6.07) is 0. The second-order valence-corrected chi connectivity index (χ2v) is 3.85. The van der Waals surface area contributed by atoms with Crippen LogP contribution in [0.2, 0.25) is 0 Å². The largest absolute Gasteiger partial charge is 0.0995 e. The third kappa shape index (κ3) is 2.73. The van der Waals surface area contributed by atoms with Crippen molar-refractivity contribution in [3.05, 3.63) is 48.1 Å². The summed E-state index contributed by atoms with van der Waals surface area (Å²) < 4.78 is 0. The van der Waals surface area contributed by atoms with Crippen LogP contribution < -0.4 is 0 Å². The molecule has 1 atom stereocenters. The zero-order chi connectivity index (χ0) is 9.84. The van der Waals surface area contributed by atoms with Crippen molar-refractivity contribution in [1.82, 2.24) is 0 Å². The first-order chi connectivity index (χ1) is 6.11. The highest BCUT2D eigenvalue weighted by Crippen LogP contribution is 2.25. The van der Waals surface area contributed by atoms with Gasteiger partial charge in [0.2, 0.25) is 0 Å². The Bertz CT molecular complexity index is 276. The van der Waals surface area contributed by atoms with Gasteiger partial charge in [-0.15, -0.1) is 0 Å². The van der Waals surface area contributed by atoms with Crippen molar-refractivity contribution in [2.24, 2.45) is 5.92 Å². The predicted octanol–water partition coefficient (Wildman–Crippen LogP) is 4.03. The Morgan fingerprint density at radius 3 is 2.62 bits per heavy atom. The Balaban J connectivity index is 2.68. The van der Waals surface area contributed by atoms with Crippen LogP contribution in [0.25, 0.3) is 0 Å². The SMILES string of the molecule is C=C(C)C1=CC=CC(C(=C)C)CC1. The maximum atomic E-state index is 3.99. The number of hydrogen-bond acceptors (Lipinski definition) is 0. The third-order valence-corrected chi connectivity index (χ3v) is 2.55. The van der Waals surface area contributed by atoms with Crippen molar-refractivity contribution in [3.8, 4) is 0 Å². The third-order valence-electron chi connectivity index (χ3n) is 2.55. The first-order valence-corrected chi connectivity index (χ1v) is 4.80. The molecule has 0 spiro atoms. The summed E-state index contributed by atoms with van der Waals surface area (Å²) in [6.45, 7) is 12.1. The summed E-state index contributed by atoms with van der Waals surface area (Å²) in [5, 5.41) is 0. The minimum atomic E-state index is 0.549. The fraction of sp³-hybridized carbons (Fsp3) is 0.385. The molecule has 0 bridgehead atoms. The average molecular weight is 174 g/mol. The van der Waals surface area contributed by atoms with Crippen LogP contribution in [0.3, 0.4) is 0 Å². The fourth-order valence-electron chi connectivity index (χ4n) is 1.56. The number of hydrogen-bond donors (Lipinski definition) is 0. The normalized spacial score (nSPS) is 22.0. The van der Waals surface area contributed by atoms with E-state index in [4.69, 9.17) is 0 Å². The van der Waals surface area contributed by atoms with Crippen LogP contribution in [0, 0.1) is 5.92 Å². The first kappa shape index (κ1) is 10.0. The monoisotopic (exact) mass is 174 g/mol.